The van der Waals surface area contributed by atoms with Crippen LogP contribution in [0.25, 0.3) is 0 Å². The first kappa shape index (κ1) is 17.4. The van der Waals surface area contributed by atoms with Gasteiger partial charge in [0.2, 0.25) is 11.8 Å². The number of anilines is 2. The minimum atomic E-state index is -0.419. The largest absolute Gasteiger partial charge is 0.326 e. The van der Waals surface area contributed by atoms with Crippen LogP contribution < -0.4 is 10.2 Å². The molecule has 128 valence electrons. The molecule has 1 heterocycles. The van der Waals surface area contributed by atoms with Crippen LogP contribution in [0.2, 0.25) is 0 Å². The maximum Gasteiger partial charge on any atom is 0.229 e. The predicted molar refractivity (Wildman–Crippen MR) is 99.7 cm³/mol. The topological polar surface area (TPSA) is 66.5 Å². The normalized spacial score (nSPS) is 16.8. The summed E-state index contributed by atoms with van der Waals surface area (Å²) in [5.74, 6) is -0.765. The molecule has 1 unspecified atom stereocenters. The number of halogens is 1. The van der Waals surface area contributed by atoms with Gasteiger partial charge in [-0.05, 0) is 43.3 Å². The van der Waals surface area contributed by atoms with Gasteiger partial charge in [0, 0.05) is 34.4 Å². The summed E-state index contributed by atoms with van der Waals surface area (Å²) in [5, 5.41) is 2.80. The maximum atomic E-state index is 12.5. The molecule has 1 aliphatic heterocycles. The Balaban J connectivity index is 1.69. The average Bonchev–Trinajstić information content (AvgIpc) is 2.98. The molecular formula is C19H17BrN2O3. The molecular weight excluding hydrogens is 384 g/mol. The predicted octanol–water partition coefficient (Wildman–Crippen LogP) is 3.64. The second-order valence-electron chi connectivity index (χ2n) is 6.01. The van der Waals surface area contributed by atoms with Crippen LogP contribution in [0.4, 0.5) is 11.4 Å². The van der Waals surface area contributed by atoms with E-state index in [0.717, 1.165) is 10.2 Å². The smallest absolute Gasteiger partial charge is 0.229 e. The van der Waals surface area contributed by atoms with E-state index in [4.69, 9.17) is 0 Å². The molecule has 5 nitrogen and oxygen atoms in total. The summed E-state index contributed by atoms with van der Waals surface area (Å²) in [5.41, 5.74) is 1.88. The van der Waals surface area contributed by atoms with Crippen molar-refractivity contribution in [2.75, 3.05) is 16.8 Å². The molecule has 6 heteroatoms. The Morgan fingerprint density at radius 2 is 1.88 bits per heavy atom. The molecule has 0 aromatic heterocycles. The quantitative estimate of drug-likeness (QED) is 0.796. The number of ketones is 1. The molecule has 25 heavy (non-hydrogen) atoms. The third kappa shape index (κ3) is 3.96. The Hall–Kier alpha value is -2.47. The fourth-order valence-corrected chi connectivity index (χ4v) is 3.08. The van der Waals surface area contributed by atoms with Crippen molar-refractivity contribution < 1.29 is 14.4 Å². The molecule has 0 radical (unpaired) electrons. The number of nitrogens with zero attached hydrogens (tertiary/aromatic N) is 1. The highest BCUT2D eigenvalue weighted by molar-refractivity contribution is 9.10. The van der Waals surface area contributed by atoms with Gasteiger partial charge in [-0.3, -0.25) is 14.4 Å². The Labute approximate surface area is 154 Å². The minimum Gasteiger partial charge on any atom is -0.326 e. The number of benzene rings is 2. The highest BCUT2D eigenvalue weighted by Crippen LogP contribution is 2.27. The molecule has 0 aliphatic carbocycles. The van der Waals surface area contributed by atoms with Crippen molar-refractivity contribution in [1.29, 1.82) is 0 Å². The van der Waals surface area contributed by atoms with Crippen LogP contribution in [-0.4, -0.2) is 24.1 Å². The van der Waals surface area contributed by atoms with Gasteiger partial charge in [-0.25, -0.2) is 0 Å². The number of amides is 2. The van der Waals surface area contributed by atoms with Crippen LogP contribution in [-0.2, 0) is 9.59 Å². The van der Waals surface area contributed by atoms with E-state index in [1.54, 1.807) is 29.2 Å². The standard InChI is InChI=1S/C19H17BrN2O3/c1-12(23)13-3-2-4-16(9-13)21-19(25)14-10-18(24)22(11-14)17-7-5-15(20)6-8-17/h2-9,14H,10-11H2,1H3,(H,21,25). The lowest BCUT2D eigenvalue weighted by molar-refractivity contribution is -0.122. The highest BCUT2D eigenvalue weighted by atomic mass is 79.9. The van der Waals surface area contributed by atoms with Crippen molar-refractivity contribution >= 4 is 44.9 Å². The number of rotatable bonds is 4. The first-order valence-corrected chi connectivity index (χ1v) is 8.71. The summed E-state index contributed by atoms with van der Waals surface area (Å²) in [6, 6.07) is 14.2. The number of carbonyl (C=O) groups excluding carboxylic acids is 3. The Morgan fingerprint density at radius 1 is 1.16 bits per heavy atom. The molecule has 1 N–H and O–H groups in total. The summed E-state index contributed by atoms with van der Waals surface area (Å²) in [7, 11) is 0. The SMILES string of the molecule is CC(=O)c1cccc(NC(=O)C2CC(=O)N(c3ccc(Br)cc3)C2)c1. The monoisotopic (exact) mass is 400 g/mol. The second-order valence-corrected chi connectivity index (χ2v) is 6.92. The third-order valence-corrected chi connectivity index (χ3v) is 4.70. The van der Waals surface area contributed by atoms with Crippen LogP contribution in [0.15, 0.2) is 53.0 Å². The van der Waals surface area contributed by atoms with E-state index in [0.29, 0.717) is 17.8 Å². The zero-order valence-corrected chi connectivity index (χ0v) is 15.2. The fourth-order valence-electron chi connectivity index (χ4n) is 2.81. The molecule has 2 amide bonds. The molecule has 1 saturated heterocycles. The summed E-state index contributed by atoms with van der Waals surface area (Å²) in [4.78, 5) is 37.8. The van der Waals surface area contributed by atoms with Crippen LogP contribution >= 0.6 is 15.9 Å². The lowest BCUT2D eigenvalue weighted by Gasteiger charge is -2.17. The van der Waals surface area contributed by atoms with Crippen LogP contribution in [0.3, 0.4) is 0 Å². The molecule has 0 saturated carbocycles. The summed E-state index contributed by atoms with van der Waals surface area (Å²) < 4.78 is 0.933. The number of Topliss-reactive ketones (excluding diaryl/α,β-unsaturated/α-hetero) is 1. The minimum absolute atomic E-state index is 0.0615. The molecule has 1 fully saturated rings. The second kappa shape index (κ2) is 7.19. The lowest BCUT2D eigenvalue weighted by Crippen LogP contribution is -2.28. The average molecular weight is 401 g/mol. The lowest BCUT2D eigenvalue weighted by atomic mass is 10.1. The molecule has 2 aromatic rings. The van der Waals surface area contributed by atoms with Crippen LogP contribution in [0.1, 0.15) is 23.7 Å². The van der Waals surface area contributed by atoms with Gasteiger partial charge in [0.25, 0.3) is 0 Å². The number of nitrogens with one attached hydrogen (secondary N) is 1. The van der Waals surface area contributed by atoms with Crippen LogP contribution in [0.5, 0.6) is 0 Å². The fraction of sp³-hybridized carbons (Fsp3) is 0.211. The van der Waals surface area contributed by atoms with E-state index in [-0.39, 0.29) is 24.0 Å². The van der Waals surface area contributed by atoms with Gasteiger partial charge in [-0.15, -0.1) is 0 Å². The maximum absolute atomic E-state index is 12.5. The third-order valence-electron chi connectivity index (χ3n) is 4.17. The summed E-state index contributed by atoms with van der Waals surface area (Å²) in [6.07, 6.45) is 0.175. The molecule has 2 aromatic carbocycles. The summed E-state index contributed by atoms with van der Waals surface area (Å²) >= 11 is 3.37. The van der Waals surface area contributed by atoms with Gasteiger partial charge in [0.15, 0.2) is 5.78 Å². The van der Waals surface area contributed by atoms with Crippen LogP contribution in [0, 0.1) is 5.92 Å². The van der Waals surface area contributed by atoms with E-state index < -0.39 is 5.92 Å². The van der Waals surface area contributed by atoms with Gasteiger partial charge in [-0.2, -0.15) is 0 Å². The van der Waals surface area contributed by atoms with E-state index in [1.165, 1.54) is 6.92 Å². The van der Waals surface area contributed by atoms with E-state index in [2.05, 4.69) is 21.2 Å². The molecule has 1 atom stereocenters. The Bertz CT molecular complexity index is 833. The Kier molecular flexibility index (Phi) is 4.99. The van der Waals surface area contributed by atoms with Crippen molar-refractivity contribution in [3.05, 3.63) is 58.6 Å². The number of hydrogen-bond donors (Lipinski definition) is 1. The molecule has 1 aliphatic rings. The number of carbonyl (C=O) groups is 3. The summed E-state index contributed by atoms with van der Waals surface area (Å²) in [6.45, 7) is 1.82. The first-order chi connectivity index (χ1) is 11.9. The molecule has 3 rings (SSSR count). The van der Waals surface area contributed by atoms with Crippen molar-refractivity contribution in [2.45, 2.75) is 13.3 Å². The van der Waals surface area contributed by atoms with Gasteiger partial charge >= 0.3 is 0 Å². The molecule has 0 spiro atoms. The molecule has 0 bridgehead atoms. The van der Waals surface area contributed by atoms with Gasteiger partial charge < -0.3 is 10.2 Å². The van der Waals surface area contributed by atoms with Crippen molar-refractivity contribution in [3.8, 4) is 0 Å². The number of hydrogen-bond acceptors (Lipinski definition) is 3. The van der Waals surface area contributed by atoms with E-state index in [1.807, 2.05) is 24.3 Å². The van der Waals surface area contributed by atoms with E-state index in [9.17, 15) is 14.4 Å². The first-order valence-electron chi connectivity index (χ1n) is 7.92. The van der Waals surface area contributed by atoms with Gasteiger partial charge in [-0.1, -0.05) is 28.1 Å². The van der Waals surface area contributed by atoms with Crippen molar-refractivity contribution in [3.63, 3.8) is 0 Å². The van der Waals surface area contributed by atoms with Gasteiger partial charge in [0.1, 0.15) is 0 Å². The van der Waals surface area contributed by atoms with Crippen molar-refractivity contribution in [1.82, 2.24) is 0 Å². The van der Waals surface area contributed by atoms with Crippen molar-refractivity contribution in [2.24, 2.45) is 5.92 Å². The zero-order valence-electron chi connectivity index (χ0n) is 13.7. The van der Waals surface area contributed by atoms with E-state index >= 15 is 0 Å². The van der Waals surface area contributed by atoms with Gasteiger partial charge in [0.05, 0.1) is 5.92 Å². The zero-order chi connectivity index (χ0) is 18.0. The Morgan fingerprint density at radius 3 is 2.56 bits per heavy atom. The highest BCUT2D eigenvalue weighted by Gasteiger charge is 2.35.